The van der Waals surface area contributed by atoms with Gasteiger partial charge in [0.05, 0.1) is 0 Å². The van der Waals surface area contributed by atoms with Crippen molar-refractivity contribution in [2.24, 2.45) is 0 Å². The summed E-state index contributed by atoms with van der Waals surface area (Å²) in [7, 11) is 0. The van der Waals surface area contributed by atoms with Crippen LogP contribution in [0.15, 0.2) is 58.2 Å². The van der Waals surface area contributed by atoms with Gasteiger partial charge in [-0.3, -0.25) is 4.79 Å². The second kappa shape index (κ2) is 20.1. The van der Waals surface area contributed by atoms with E-state index in [0.29, 0.717) is 6.42 Å². The molecule has 0 aromatic rings. The summed E-state index contributed by atoms with van der Waals surface area (Å²) in [6.45, 7) is 18.0. The first-order valence-corrected chi connectivity index (χ1v) is 13.7. The first-order chi connectivity index (χ1) is 16.6. The summed E-state index contributed by atoms with van der Waals surface area (Å²) in [5.41, 5.74) is 6.58. The number of hydrogen-bond acceptors (Lipinski definition) is 2. The van der Waals surface area contributed by atoms with E-state index in [1.54, 1.807) is 6.92 Å². The van der Waals surface area contributed by atoms with Crippen LogP contribution in [-0.4, -0.2) is 29.7 Å². The fourth-order valence-electron chi connectivity index (χ4n) is 3.93. The third-order valence-corrected chi connectivity index (χ3v) is 6.46. The van der Waals surface area contributed by atoms with Gasteiger partial charge in [0.1, 0.15) is 5.78 Å². The van der Waals surface area contributed by atoms with Crippen molar-refractivity contribution in [1.82, 2.24) is 4.90 Å². The molecule has 0 saturated heterocycles. The van der Waals surface area contributed by atoms with E-state index in [4.69, 9.17) is 0 Å². The van der Waals surface area contributed by atoms with E-state index in [1.165, 1.54) is 22.3 Å². The molecule has 3 heteroatoms. The molecule has 0 spiro atoms. The van der Waals surface area contributed by atoms with Crippen LogP contribution in [0.2, 0.25) is 0 Å². The first kappa shape index (κ1) is 32.8. The van der Waals surface area contributed by atoms with Gasteiger partial charge in [-0.2, -0.15) is 0 Å². The molecule has 0 aliphatic rings. The summed E-state index contributed by atoms with van der Waals surface area (Å²) in [4.78, 5) is 25.2. The zero-order chi connectivity index (χ0) is 26.6. The highest BCUT2D eigenvalue weighted by Crippen LogP contribution is 2.15. The Morgan fingerprint density at radius 1 is 0.514 bits per heavy atom. The molecule has 0 aliphatic heterocycles. The van der Waals surface area contributed by atoms with Crippen LogP contribution in [0.25, 0.3) is 0 Å². The fraction of sp³-hybridized carbons (Fsp3) is 0.625. The molecular weight excluding hydrogens is 430 g/mol. The number of carbonyl (C=O) groups is 2. The number of hydrogen-bond donors (Lipinski definition) is 0. The molecule has 0 N–H and O–H groups in total. The molecule has 198 valence electrons. The zero-order valence-electron chi connectivity index (χ0n) is 24.1. The molecular formula is C32H53NO2. The number of amides is 1. The van der Waals surface area contributed by atoms with Gasteiger partial charge in [-0.25, -0.2) is 0 Å². The normalized spacial score (nSPS) is 13.9. The largest absolute Gasteiger partial charge is 0.340 e. The lowest BCUT2D eigenvalue weighted by Crippen LogP contribution is -2.31. The van der Waals surface area contributed by atoms with Crippen LogP contribution in [0.5, 0.6) is 0 Å². The summed E-state index contributed by atoms with van der Waals surface area (Å²) in [6, 6.07) is 0. The lowest BCUT2D eigenvalue weighted by Gasteiger charge is -2.18. The maximum Gasteiger partial charge on any atom is 0.249 e. The SMILES string of the molecule is CCN(CC)C(=O)C(C)=CCCC(C)=CCCC(C)=CCCC(C)=CCCC(C)=CCCC(C)=O. The van der Waals surface area contributed by atoms with Crippen molar-refractivity contribution in [3.63, 3.8) is 0 Å². The van der Waals surface area contributed by atoms with E-state index < -0.39 is 0 Å². The molecule has 0 radical (unpaired) electrons. The maximum absolute atomic E-state index is 12.3. The van der Waals surface area contributed by atoms with Gasteiger partial charge in [-0.15, -0.1) is 0 Å². The predicted molar refractivity (Wildman–Crippen MR) is 154 cm³/mol. The Morgan fingerprint density at radius 2 is 0.829 bits per heavy atom. The van der Waals surface area contributed by atoms with Gasteiger partial charge in [0.25, 0.3) is 0 Å². The highest BCUT2D eigenvalue weighted by Gasteiger charge is 2.10. The molecule has 35 heavy (non-hydrogen) atoms. The minimum atomic E-state index is 0.163. The monoisotopic (exact) mass is 483 g/mol. The van der Waals surface area contributed by atoms with Gasteiger partial charge < -0.3 is 9.69 Å². The molecule has 1 amide bonds. The van der Waals surface area contributed by atoms with Gasteiger partial charge in [0, 0.05) is 25.1 Å². The number of Topliss-reactive ketones (excluding diaryl/α,β-unsaturated/α-hetero) is 1. The van der Waals surface area contributed by atoms with E-state index in [2.05, 4.69) is 58.1 Å². The van der Waals surface area contributed by atoms with Crippen molar-refractivity contribution < 1.29 is 9.59 Å². The van der Waals surface area contributed by atoms with Gasteiger partial charge >= 0.3 is 0 Å². The minimum absolute atomic E-state index is 0.163. The molecule has 3 nitrogen and oxygen atoms in total. The second-order valence-corrected chi connectivity index (χ2v) is 9.96. The molecule has 0 rings (SSSR count). The third-order valence-electron chi connectivity index (χ3n) is 6.46. The Labute approximate surface area is 217 Å². The molecule has 0 unspecified atom stereocenters. The number of carbonyl (C=O) groups excluding carboxylic acids is 2. The average molecular weight is 484 g/mol. The number of likely N-dealkylation sites (N-methyl/N-ethyl adjacent to an activating group) is 1. The van der Waals surface area contributed by atoms with Crippen LogP contribution in [0.1, 0.15) is 120 Å². The van der Waals surface area contributed by atoms with Crippen LogP contribution in [0.4, 0.5) is 0 Å². The van der Waals surface area contributed by atoms with Crippen molar-refractivity contribution in [2.75, 3.05) is 13.1 Å². The van der Waals surface area contributed by atoms with Crippen molar-refractivity contribution in [3.05, 3.63) is 58.2 Å². The maximum atomic E-state index is 12.3. The van der Waals surface area contributed by atoms with Crippen molar-refractivity contribution in [2.45, 2.75) is 120 Å². The summed E-state index contributed by atoms with van der Waals surface area (Å²) < 4.78 is 0. The van der Waals surface area contributed by atoms with Crippen molar-refractivity contribution in [1.29, 1.82) is 0 Å². The Bertz CT molecular complexity index is 788. The van der Waals surface area contributed by atoms with E-state index in [9.17, 15) is 9.59 Å². The molecule has 0 aromatic carbocycles. The molecule has 0 aliphatic carbocycles. The van der Waals surface area contributed by atoms with Crippen LogP contribution in [0.3, 0.4) is 0 Å². The van der Waals surface area contributed by atoms with Gasteiger partial charge in [-0.1, -0.05) is 52.7 Å². The molecule has 0 atom stereocenters. The minimum Gasteiger partial charge on any atom is -0.340 e. The number of allylic oxidation sites excluding steroid dienone is 9. The summed E-state index contributed by atoms with van der Waals surface area (Å²) in [5.74, 6) is 0.429. The zero-order valence-corrected chi connectivity index (χ0v) is 24.1. The van der Waals surface area contributed by atoms with Gasteiger partial charge in [-0.05, 0) is 113 Å². The Balaban J connectivity index is 4.25. The number of nitrogens with zero attached hydrogens (tertiary/aromatic N) is 1. The molecule has 0 heterocycles. The van der Waals surface area contributed by atoms with E-state index >= 15 is 0 Å². The topological polar surface area (TPSA) is 37.4 Å². The van der Waals surface area contributed by atoms with E-state index in [-0.39, 0.29) is 11.7 Å². The van der Waals surface area contributed by atoms with Crippen LogP contribution >= 0.6 is 0 Å². The highest BCUT2D eigenvalue weighted by molar-refractivity contribution is 5.92. The fourth-order valence-corrected chi connectivity index (χ4v) is 3.93. The average Bonchev–Trinajstić information content (AvgIpc) is 2.79. The predicted octanol–water partition coefficient (Wildman–Crippen LogP) is 9.08. The summed E-state index contributed by atoms with van der Waals surface area (Å²) in [5, 5.41) is 0. The second-order valence-electron chi connectivity index (χ2n) is 9.96. The number of rotatable bonds is 18. The Kier molecular flexibility index (Phi) is 18.8. The lowest BCUT2D eigenvalue weighted by atomic mass is 10.0. The third kappa shape index (κ3) is 17.9. The van der Waals surface area contributed by atoms with E-state index in [1.807, 2.05) is 25.7 Å². The Hall–Kier alpha value is -2.16. The molecule has 0 saturated carbocycles. The smallest absolute Gasteiger partial charge is 0.249 e. The lowest BCUT2D eigenvalue weighted by molar-refractivity contribution is -0.126. The first-order valence-electron chi connectivity index (χ1n) is 13.7. The highest BCUT2D eigenvalue weighted by atomic mass is 16.2. The molecule has 0 fully saturated rings. The van der Waals surface area contributed by atoms with Gasteiger partial charge in [0.2, 0.25) is 5.91 Å². The van der Waals surface area contributed by atoms with Crippen molar-refractivity contribution in [3.8, 4) is 0 Å². The van der Waals surface area contributed by atoms with Crippen LogP contribution in [-0.2, 0) is 9.59 Å². The molecule has 0 bridgehead atoms. The van der Waals surface area contributed by atoms with Crippen molar-refractivity contribution >= 4 is 11.7 Å². The summed E-state index contributed by atoms with van der Waals surface area (Å²) >= 11 is 0. The Morgan fingerprint density at radius 3 is 1.14 bits per heavy atom. The van der Waals surface area contributed by atoms with Crippen LogP contribution in [0, 0.1) is 0 Å². The molecule has 0 aromatic heterocycles. The summed E-state index contributed by atoms with van der Waals surface area (Å²) in [6.07, 6.45) is 21.5. The van der Waals surface area contributed by atoms with Crippen LogP contribution < -0.4 is 0 Å². The van der Waals surface area contributed by atoms with Gasteiger partial charge in [0.15, 0.2) is 0 Å². The number of ketones is 1. The quantitative estimate of drug-likeness (QED) is 0.144. The standard InChI is InChI=1S/C32H53NO2/c1-9-33(10-2)32(35)30(7)24-14-22-28(5)20-12-18-26(3)16-11-17-27(4)19-13-21-29(6)23-15-25-31(8)34/h16,19-20,23-24H,9-15,17-18,21-22,25H2,1-8H3. The van der Waals surface area contributed by atoms with E-state index in [0.717, 1.165) is 76.5 Å².